The number of piperidine rings is 1. The van der Waals surface area contributed by atoms with Gasteiger partial charge in [0, 0.05) is 264 Å². The molecule has 4 saturated carbocycles. The highest BCUT2D eigenvalue weighted by molar-refractivity contribution is 5.82. The number of morpholine rings is 1. The predicted octanol–water partition coefficient (Wildman–Crippen LogP) is 13.4. The molecule has 14 fully saturated rings. The van der Waals surface area contributed by atoms with E-state index >= 15 is 0 Å². The Kier molecular flexibility index (Phi) is 47.2. The normalized spacial score (nSPS) is 29.1. The van der Waals surface area contributed by atoms with Gasteiger partial charge in [-0.15, -0.1) is 0 Å². The van der Waals surface area contributed by atoms with Crippen molar-refractivity contribution in [2.75, 3.05) is 164 Å². The summed E-state index contributed by atoms with van der Waals surface area (Å²) in [6.07, 6.45) is 11.5. The van der Waals surface area contributed by atoms with Crippen LogP contribution in [0.15, 0.2) is 24.5 Å². The third kappa shape index (κ3) is 42.6. The number of fused-ring (bicyclic) bond motifs is 3. The van der Waals surface area contributed by atoms with Gasteiger partial charge in [-0.2, -0.15) is 0 Å². The second-order valence-corrected chi connectivity index (χ2v) is 57.7. The number of nitrogens with two attached hydrogens (primary N) is 3. The molecule has 16 atom stereocenters. The number of hydrogen-bond donors (Lipinski definition) is 12. The number of aryl methyl sites for hydroxylation is 1. The molecule has 10 saturated heterocycles. The van der Waals surface area contributed by atoms with E-state index < -0.39 is 5.60 Å². The smallest absolute Gasteiger partial charge is 0.407 e. The monoisotopic (exact) mass is 2080 g/mol. The van der Waals surface area contributed by atoms with Gasteiger partial charge in [0.2, 0.25) is 29.5 Å². The zero-order valence-electron chi connectivity index (χ0n) is 101. The Bertz CT molecular complexity index is 4330. The number of carbonyl (C=O) groups excluding carboxylic acids is 6. The molecule has 2 aromatic rings. The van der Waals surface area contributed by atoms with E-state index in [0.29, 0.717) is 93.2 Å². The fourth-order valence-electron chi connectivity index (χ4n) is 22.1. The van der Waals surface area contributed by atoms with Crippen LogP contribution >= 0.6 is 0 Å². The van der Waals surface area contributed by atoms with Crippen LogP contribution in [0.2, 0.25) is 0 Å². The van der Waals surface area contributed by atoms with E-state index in [2.05, 4.69) is 302 Å². The maximum Gasteiger partial charge on any atom is 0.407 e. The Morgan fingerprint density at radius 3 is 1.36 bits per heavy atom. The average Bonchev–Trinajstić information content (AvgIpc) is 1.58. The minimum Gasteiger partial charge on any atom is -0.488 e. The quantitative estimate of drug-likeness (QED) is 0.105. The third-order valence-corrected chi connectivity index (χ3v) is 32.7. The van der Waals surface area contributed by atoms with Crippen molar-refractivity contribution in [2.45, 2.75) is 426 Å². The Hall–Kier alpha value is -5.49. The Balaban J connectivity index is 0.000000223. The van der Waals surface area contributed by atoms with E-state index in [1.807, 2.05) is 82.6 Å². The van der Waals surface area contributed by atoms with E-state index in [1.54, 1.807) is 13.8 Å². The highest BCUT2D eigenvalue weighted by Gasteiger charge is 2.59. The van der Waals surface area contributed by atoms with Gasteiger partial charge in [-0.25, -0.2) is 9.78 Å². The molecular formula is C117H224N22O9. The molecule has 0 bridgehead atoms. The van der Waals surface area contributed by atoms with Gasteiger partial charge in [0.15, 0.2) is 0 Å². The number of imidazole rings is 1. The number of nitrogens with one attached hydrogen (secondary N) is 9. The predicted molar refractivity (Wildman–Crippen MR) is 610 cm³/mol. The van der Waals surface area contributed by atoms with Crippen molar-refractivity contribution in [1.29, 1.82) is 0 Å². The lowest BCUT2D eigenvalue weighted by Crippen LogP contribution is -2.59. The van der Waals surface area contributed by atoms with Gasteiger partial charge in [0.05, 0.1) is 53.9 Å². The summed E-state index contributed by atoms with van der Waals surface area (Å²) < 4.78 is 18.8. The van der Waals surface area contributed by atoms with Crippen LogP contribution in [0.5, 0.6) is 5.75 Å². The Morgan fingerprint density at radius 2 is 0.959 bits per heavy atom. The lowest BCUT2D eigenvalue weighted by Gasteiger charge is -2.39. The van der Waals surface area contributed by atoms with Crippen molar-refractivity contribution in [2.24, 2.45) is 99.7 Å². The summed E-state index contributed by atoms with van der Waals surface area (Å²) in [5.41, 5.74) is 22.2. The molecular weight excluding hydrogens is 1860 g/mol. The number of benzene rings is 1. The third-order valence-electron chi connectivity index (χ3n) is 32.7. The van der Waals surface area contributed by atoms with E-state index in [4.69, 9.17) is 31.4 Å². The highest BCUT2D eigenvalue weighted by Crippen LogP contribution is 2.53. The number of nitrogens with zero attached hydrogens (tertiary/aromatic N) is 10. The molecule has 856 valence electrons. The minimum absolute atomic E-state index is 0.0396. The van der Waals surface area contributed by atoms with Crippen molar-refractivity contribution >= 4 is 46.7 Å². The van der Waals surface area contributed by atoms with Gasteiger partial charge in [-0.1, -0.05) is 69.2 Å². The van der Waals surface area contributed by atoms with Crippen molar-refractivity contribution in [3.63, 3.8) is 0 Å². The summed E-state index contributed by atoms with van der Waals surface area (Å²) in [4.78, 5) is 93.3. The topological polar surface area (TPSA) is 360 Å². The van der Waals surface area contributed by atoms with Crippen LogP contribution in [0.3, 0.4) is 0 Å². The summed E-state index contributed by atoms with van der Waals surface area (Å²) in [5, 5.41) is 28.6. The summed E-state index contributed by atoms with van der Waals surface area (Å²) in [6, 6.07) is 8.69. The largest absolute Gasteiger partial charge is 0.488 e. The van der Waals surface area contributed by atoms with Crippen LogP contribution in [0, 0.1) is 75.4 Å². The number of hydrogen-bond acceptors (Lipinski definition) is 24. The molecule has 1 aromatic heterocycles. The molecule has 11 heterocycles. The second-order valence-electron chi connectivity index (χ2n) is 57.7. The molecule has 148 heavy (non-hydrogen) atoms. The summed E-state index contributed by atoms with van der Waals surface area (Å²) in [5.74, 6) is 6.39. The van der Waals surface area contributed by atoms with Gasteiger partial charge < -0.3 is 88.7 Å². The van der Waals surface area contributed by atoms with E-state index in [9.17, 15) is 28.8 Å². The van der Waals surface area contributed by atoms with Crippen LogP contribution in [0.25, 0.3) is 11.0 Å². The molecule has 1 aromatic carbocycles. The maximum atomic E-state index is 12.3. The Labute approximate surface area is 900 Å². The molecule has 0 radical (unpaired) electrons. The van der Waals surface area contributed by atoms with Crippen LogP contribution in [-0.4, -0.2) is 352 Å². The maximum absolute atomic E-state index is 12.3. The van der Waals surface area contributed by atoms with Gasteiger partial charge >= 0.3 is 6.09 Å². The molecule has 6 amide bonds. The molecule has 31 nitrogen and oxygen atoms in total. The zero-order chi connectivity index (χ0) is 112. The van der Waals surface area contributed by atoms with Gasteiger partial charge in [-0.05, 0) is 309 Å². The number of amides is 6. The highest BCUT2D eigenvalue weighted by atomic mass is 16.6. The zero-order valence-corrected chi connectivity index (χ0v) is 101. The SMILES string of the molecule is CC(=O)NC1C2CN(C(C)(C)C)CC21.CC(=O)N[C@@H]1CCC(C(C)(C)C)C1.CC(C)(C)N1CCC2(CC2N)C1.CC(C)(C)N1CCNCCNCC1.CC(C)(C)N1C[C@@H]2NCCO[C@H]2C1.CC(C)(C)N1C[C@H](C(=O)NC2CNC2)[C@@H](N)C1.CC(C)(C)OC(=O)N[C@@H]1CCC(C(C)(C)C)C1.CC(C)CNC(=O)[C@@H]1CN(C(C)(C)C)C[C@@H]1C.C[C@H]1CN(C(C)(C)C)C[C@H]1C(=O)N1CC(N)C1.Cn1cnc2ccc(OC(C)(C)C)cc21. The first-order valence-electron chi connectivity index (χ1n) is 57.3. The number of ether oxygens (including phenoxy) is 3. The molecule has 6 unspecified atom stereocenters. The van der Waals surface area contributed by atoms with Crippen molar-refractivity contribution < 1.29 is 43.0 Å². The summed E-state index contributed by atoms with van der Waals surface area (Å²) in [6.45, 7) is 109. The van der Waals surface area contributed by atoms with Crippen LogP contribution < -0.4 is 69.8 Å². The van der Waals surface area contributed by atoms with Crippen molar-refractivity contribution in [3.8, 4) is 5.75 Å². The van der Waals surface area contributed by atoms with Gasteiger partial charge in [-0.3, -0.25) is 58.3 Å². The Morgan fingerprint density at radius 1 is 0.493 bits per heavy atom. The molecule has 10 aliphatic heterocycles. The van der Waals surface area contributed by atoms with Crippen LogP contribution in [0.4, 0.5) is 4.79 Å². The number of alkyl carbamates (subject to hydrolysis) is 1. The molecule has 15 N–H and O–H groups in total. The summed E-state index contributed by atoms with van der Waals surface area (Å²) in [7, 11) is 1.98. The van der Waals surface area contributed by atoms with Crippen molar-refractivity contribution in [1.82, 2.24) is 96.6 Å². The first-order chi connectivity index (χ1) is 67.8. The average molecular weight is 2080 g/mol. The number of rotatable bonds is 10. The van der Waals surface area contributed by atoms with E-state index in [-0.39, 0.29) is 98.9 Å². The fourth-order valence-corrected chi connectivity index (χ4v) is 22.1. The molecule has 4 aliphatic carbocycles. The molecule has 14 aliphatic rings. The van der Waals surface area contributed by atoms with Crippen LogP contribution in [-0.2, 0) is 40.5 Å². The first kappa shape index (κ1) is 129. The van der Waals surface area contributed by atoms with Crippen molar-refractivity contribution in [3.05, 3.63) is 24.5 Å². The molecule has 16 rings (SSSR count). The molecule has 1 spiro atoms. The minimum atomic E-state index is -0.411. The number of aromatic nitrogens is 2. The fraction of sp³-hybridized carbons (Fsp3) is 0.889. The number of likely N-dealkylation sites (tertiary alicyclic amines) is 7. The van der Waals surface area contributed by atoms with Gasteiger partial charge in [0.25, 0.3) is 0 Å². The number of carbonyl (C=O) groups is 6. The lowest BCUT2D eigenvalue weighted by atomic mass is 9.80. The lowest BCUT2D eigenvalue weighted by molar-refractivity contribution is -0.140. The van der Waals surface area contributed by atoms with E-state index in [1.165, 1.54) is 38.8 Å². The first-order valence-corrected chi connectivity index (χ1v) is 57.3. The molecule has 31 heteroatoms. The standard InChI is InChI=1S/C14H28N2O.C14H27NO2.C13H25N3O.C12H24N4O.C12H16N2O.C11H20N2O.C11H21NO.C10H23N3.C10H20N2O.C10H20N2/c1-10(2)7-15-13(17)12-9-16(8-11(12)3)14(4,5)6;1-13(2,3)10-7-8-11(9-10)15-12(16)17-14(4,5)6;1-9-5-16(13(2,3)4)8-11(9)12(17)15-6-10(14)7-15;1-12(2,3)16-6-9(10(13)7-16)11(17)15-8-4-14-5-8;1-12(2,3)15-9-5-6-10-11(7-9)14(4)8-13-10;1-7(14)12-10-8-5-13(6-9(8)10)11(2,3)4;1-8(13)12-10-6-5-9(7-10)11(2,3)4;1-10(2,3)13-8-6-11-4-5-12-7-9-13;1-10(2,3)12-6-8-9(7-12)13-5-4-11-8;1-9(2,3)12-5-4-10(7-12)6-8(10)11/h10-12H,7-9H2,1-6H3,(H,15,17);10-11H,7-9H2,1-6H3,(H,15,16);9-11H,5-8,14H2,1-4H3;8-10,14H,4-7,13H2,1-3H3,(H,15,17);5-8H,1-4H3;8-10H,5-6H2,1-4H3,(H,12,14);9-10H,5-7H2,1-4H3,(H,12,13);11-12H,4-9H2,1-3H3;8-9,11H,4-7H2,1-3H3;8H,4-7,11H2,1-3H3/t11-,12+;10?,11-;9-,11+;9-,10-;;;9?,10-;;8-,9-;/m0100..1.0./s1. The second kappa shape index (κ2) is 54.0. The van der Waals surface area contributed by atoms with E-state index in [0.717, 1.165) is 211 Å². The van der Waals surface area contributed by atoms with Crippen LogP contribution in [0.1, 0.15) is 321 Å². The van der Waals surface area contributed by atoms with Gasteiger partial charge in [0.1, 0.15) is 17.0 Å². The summed E-state index contributed by atoms with van der Waals surface area (Å²) >= 11 is 0.